The number of halogens is 2. The Morgan fingerprint density at radius 1 is 1.40 bits per heavy atom. The van der Waals surface area contributed by atoms with Crippen LogP contribution in [0.2, 0.25) is 0 Å². The summed E-state index contributed by atoms with van der Waals surface area (Å²) >= 11 is 3.86. The summed E-state index contributed by atoms with van der Waals surface area (Å²) in [5.41, 5.74) is 0. The highest BCUT2D eigenvalue weighted by atomic mass is 127. The lowest BCUT2D eigenvalue weighted by Crippen LogP contribution is -2.31. The average molecular weight is 358 g/mol. The first kappa shape index (κ1) is 13.4. The molecule has 84 valence electrons. The molecule has 0 amide bonds. The summed E-state index contributed by atoms with van der Waals surface area (Å²) in [5.74, 6) is 0.602. The number of hydrogen-bond acceptors (Lipinski definition) is 3. The molecule has 2 rings (SSSR count). The molecule has 1 saturated heterocycles. The minimum absolute atomic E-state index is 0. The van der Waals surface area contributed by atoms with Crippen LogP contribution in [0.15, 0.2) is 12.1 Å². The van der Waals surface area contributed by atoms with Gasteiger partial charge in [-0.05, 0) is 60.7 Å². The fourth-order valence-corrected chi connectivity index (χ4v) is 3.37. The summed E-state index contributed by atoms with van der Waals surface area (Å²) < 4.78 is 1.19. The van der Waals surface area contributed by atoms with Gasteiger partial charge in [-0.1, -0.05) is 0 Å². The van der Waals surface area contributed by atoms with E-state index in [9.17, 15) is 4.79 Å². The Kier molecular flexibility index (Phi) is 5.52. The molecule has 0 aromatic carbocycles. The number of rotatable bonds is 2. The van der Waals surface area contributed by atoms with Gasteiger partial charge in [0.25, 0.3) is 0 Å². The van der Waals surface area contributed by atoms with Crippen molar-refractivity contribution in [1.29, 1.82) is 0 Å². The molecule has 0 atom stereocenters. The molecule has 1 aromatic heterocycles. The van der Waals surface area contributed by atoms with E-state index >= 15 is 0 Å². The highest BCUT2D eigenvalue weighted by Crippen LogP contribution is 2.24. The maximum Gasteiger partial charge on any atom is 0.175 e. The molecule has 2 heterocycles. The van der Waals surface area contributed by atoms with Gasteiger partial charge in [0.1, 0.15) is 0 Å². The molecule has 15 heavy (non-hydrogen) atoms. The normalized spacial score (nSPS) is 17.1. The van der Waals surface area contributed by atoms with Crippen LogP contribution in [-0.4, -0.2) is 18.9 Å². The van der Waals surface area contributed by atoms with Gasteiger partial charge in [0.15, 0.2) is 5.78 Å². The lowest BCUT2D eigenvalue weighted by molar-refractivity contribution is 0.0899. The number of thiophene rings is 1. The van der Waals surface area contributed by atoms with Crippen molar-refractivity contribution in [3.05, 3.63) is 19.9 Å². The monoisotopic (exact) mass is 357 g/mol. The molecule has 1 N–H and O–H groups in total. The Balaban J connectivity index is 0.00000112. The molecule has 2 nitrogen and oxygen atoms in total. The number of nitrogens with one attached hydrogen (secondary N) is 1. The van der Waals surface area contributed by atoms with E-state index in [1.807, 2.05) is 12.1 Å². The van der Waals surface area contributed by atoms with Crippen LogP contribution in [0.5, 0.6) is 0 Å². The van der Waals surface area contributed by atoms with Gasteiger partial charge >= 0.3 is 0 Å². The topological polar surface area (TPSA) is 29.1 Å². The van der Waals surface area contributed by atoms with E-state index in [1.165, 1.54) is 2.88 Å². The van der Waals surface area contributed by atoms with E-state index in [0.29, 0.717) is 5.78 Å². The maximum absolute atomic E-state index is 12.0. The molecule has 0 aliphatic carbocycles. The first-order chi connectivity index (χ1) is 6.77. The number of piperidine rings is 1. The summed E-state index contributed by atoms with van der Waals surface area (Å²) in [5, 5.41) is 3.28. The fraction of sp³-hybridized carbons (Fsp3) is 0.500. The van der Waals surface area contributed by atoms with E-state index in [2.05, 4.69) is 27.9 Å². The van der Waals surface area contributed by atoms with Gasteiger partial charge < -0.3 is 5.32 Å². The van der Waals surface area contributed by atoms with Crippen LogP contribution < -0.4 is 5.32 Å². The van der Waals surface area contributed by atoms with Gasteiger partial charge in [-0.3, -0.25) is 4.79 Å². The summed E-state index contributed by atoms with van der Waals surface area (Å²) in [6.07, 6.45) is 1.99. The average Bonchev–Trinajstić information content (AvgIpc) is 2.65. The number of ketones is 1. The van der Waals surface area contributed by atoms with Gasteiger partial charge in [-0.15, -0.1) is 23.7 Å². The van der Waals surface area contributed by atoms with Crippen LogP contribution in [0, 0.1) is 8.80 Å². The van der Waals surface area contributed by atoms with Gasteiger partial charge in [-0.25, -0.2) is 0 Å². The predicted octanol–water partition coefficient (Wildman–Crippen LogP) is 2.96. The molecule has 1 aromatic rings. The summed E-state index contributed by atoms with van der Waals surface area (Å²) in [7, 11) is 0. The molecule has 0 bridgehead atoms. The highest BCUT2D eigenvalue weighted by Gasteiger charge is 2.22. The molecular formula is C10H13ClINOS. The van der Waals surface area contributed by atoms with Gasteiger partial charge in [0.05, 0.1) is 7.76 Å². The van der Waals surface area contributed by atoms with E-state index in [4.69, 9.17) is 0 Å². The zero-order chi connectivity index (χ0) is 9.97. The second kappa shape index (κ2) is 6.18. The van der Waals surface area contributed by atoms with E-state index in [0.717, 1.165) is 30.8 Å². The number of hydrogen-bond donors (Lipinski definition) is 1. The Hall–Kier alpha value is 0.350. The maximum atomic E-state index is 12.0. The second-order valence-electron chi connectivity index (χ2n) is 3.49. The van der Waals surface area contributed by atoms with Crippen LogP contribution in [-0.2, 0) is 0 Å². The molecule has 5 heteroatoms. The van der Waals surface area contributed by atoms with Crippen molar-refractivity contribution in [2.75, 3.05) is 13.1 Å². The van der Waals surface area contributed by atoms with Crippen LogP contribution in [0.3, 0.4) is 0 Å². The fourth-order valence-electron chi connectivity index (χ4n) is 1.73. The smallest absolute Gasteiger partial charge is 0.175 e. The summed E-state index contributed by atoms with van der Waals surface area (Å²) in [6.45, 7) is 1.97. The third-order valence-corrected chi connectivity index (χ3v) is 4.43. The molecule has 0 radical (unpaired) electrons. The van der Waals surface area contributed by atoms with Crippen LogP contribution in [0.4, 0.5) is 0 Å². The van der Waals surface area contributed by atoms with Crippen LogP contribution in [0.25, 0.3) is 0 Å². The standard InChI is InChI=1S/C10H12INOS.ClH/c11-9-2-1-8(14-9)10(13)7-3-5-12-6-4-7;/h1-2,7,12H,3-6H2;1H. The Morgan fingerprint density at radius 3 is 2.60 bits per heavy atom. The minimum Gasteiger partial charge on any atom is -0.317 e. The van der Waals surface area contributed by atoms with E-state index < -0.39 is 0 Å². The van der Waals surface area contributed by atoms with Gasteiger partial charge in [0, 0.05) is 5.92 Å². The largest absolute Gasteiger partial charge is 0.317 e. The van der Waals surface area contributed by atoms with Crippen molar-refractivity contribution in [2.24, 2.45) is 5.92 Å². The Labute approximate surface area is 113 Å². The quantitative estimate of drug-likeness (QED) is 0.651. The molecule has 1 aliphatic rings. The van der Waals surface area contributed by atoms with E-state index in [1.54, 1.807) is 11.3 Å². The van der Waals surface area contributed by atoms with Gasteiger partial charge in [0.2, 0.25) is 0 Å². The lowest BCUT2D eigenvalue weighted by atomic mass is 9.93. The number of carbonyl (C=O) groups excluding carboxylic acids is 1. The first-order valence-electron chi connectivity index (χ1n) is 4.77. The first-order valence-corrected chi connectivity index (χ1v) is 6.67. The molecule has 1 aliphatic heterocycles. The third kappa shape index (κ3) is 3.41. The second-order valence-corrected chi connectivity index (χ2v) is 6.47. The van der Waals surface area contributed by atoms with Crippen molar-refractivity contribution in [3.63, 3.8) is 0 Å². The van der Waals surface area contributed by atoms with Crippen molar-refractivity contribution in [1.82, 2.24) is 5.32 Å². The highest BCUT2D eigenvalue weighted by molar-refractivity contribution is 14.1. The molecule has 0 saturated carbocycles. The lowest BCUT2D eigenvalue weighted by Gasteiger charge is -2.20. The Morgan fingerprint density at radius 2 is 2.07 bits per heavy atom. The zero-order valence-electron chi connectivity index (χ0n) is 8.16. The van der Waals surface area contributed by atoms with E-state index in [-0.39, 0.29) is 18.3 Å². The zero-order valence-corrected chi connectivity index (χ0v) is 12.0. The Bertz CT molecular complexity index is 336. The van der Waals surface area contributed by atoms with Crippen molar-refractivity contribution in [3.8, 4) is 0 Å². The molecule has 1 fully saturated rings. The minimum atomic E-state index is 0. The molecular weight excluding hydrogens is 345 g/mol. The summed E-state index contributed by atoms with van der Waals surface area (Å²) in [4.78, 5) is 12.9. The van der Waals surface area contributed by atoms with Crippen LogP contribution in [0.1, 0.15) is 22.5 Å². The van der Waals surface area contributed by atoms with Gasteiger partial charge in [-0.2, -0.15) is 0 Å². The predicted molar refractivity (Wildman–Crippen MR) is 74.2 cm³/mol. The van der Waals surface area contributed by atoms with Crippen LogP contribution >= 0.6 is 46.3 Å². The number of Topliss-reactive ketones (excluding diaryl/α,β-unsaturated/α-hetero) is 1. The SMILES string of the molecule is Cl.O=C(c1ccc(I)s1)C1CCNCC1. The van der Waals surface area contributed by atoms with Crippen molar-refractivity contribution in [2.45, 2.75) is 12.8 Å². The molecule has 0 spiro atoms. The van der Waals surface area contributed by atoms with Crippen molar-refractivity contribution < 1.29 is 4.79 Å². The third-order valence-electron chi connectivity index (χ3n) is 2.53. The van der Waals surface area contributed by atoms with Crippen molar-refractivity contribution >= 4 is 52.1 Å². The molecule has 0 unspecified atom stereocenters. The number of carbonyl (C=O) groups is 1. The summed E-state index contributed by atoms with van der Waals surface area (Å²) in [6, 6.07) is 3.97.